The van der Waals surface area contributed by atoms with E-state index >= 15 is 0 Å². The van der Waals surface area contributed by atoms with Crippen molar-refractivity contribution in [2.45, 2.75) is 38.1 Å². The number of hydrogen-bond donors (Lipinski definition) is 1. The number of likely N-dealkylation sites (tertiary alicyclic amines) is 1. The van der Waals surface area contributed by atoms with Crippen molar-refractivity contribution in [2.75, 3.05) is 26.2 Å². The first-order valence-corrected chi connectivity index (χ1v) is 8.37. The third-order valence-electron chi connectivity index (χ3n) is 4.45. The van der Waals surface area contributed by atoms with Crippen molar-refractivity contribution in [3.05, 3.63) is 33.8 Å². The number of benzene rings is 1. The van der Waals surface area contributed by atoms with E-state index < -0.39 is 0 Å². The highest BCUT2D eigenvalue weighted by molar-refractivity contribution is 9.10. The van der Waals surface area contributed by atoms with Gasteiger partial charge in [0, 0.05) is 10.5 Å². The molecule has 1 N–H and O–H groups in total. The van der Waals surface area contributed by atoms with Crippen LogP contribution in [0.3, 0.4) is 0 Å². The normalized spacial score (nSPS) is 22.9. The molecule has 0 amide bonds. The number of halogens is 1. The lowest BCUT2D eigenvalue weighted by Crippen LogP contribution is -2.26. The van der Waals surface area contributed by atoms with E-state index in [1.165, 1.54) is 67.3 Å². The zero-order valence-corrected chi connectivity index (χ0v) is 13.1. The number of rotatable bonds is 5. The molecular weight excluding hydrogens is 300 g/mol. The molecule has 3 heteroatoms. The molecule has 0 bridgehead atoms. The first-order chi connectivity index (χ1) is 9.34. The number of nitrogens with zero attached hydrogens (tertiary/aromatic N) is 1. The van der Waals surface area contributed by atoms with Crippen LogP contribution in [0, 0.1) is 0 Å². The smallest absolute Gasteiger partial charge is 0.0326 e. The minimum absolute atomic E-state index is 0.575. The summed E-state index contributed by atoms with van der Waals surface area (Å²) in [5, 5.41) is 3.74. The van der Waals surface area contributed by atoms with Gasteiger partial charge in [-0.05, 0) is 75.5 Å². The Morgan fingerprint density at radius 1 is 1.26 bits per heavy atom. The summed E-state index contributed by atoms with van der Waals surface area (Å²) in [5.74, 6) is 0. The van der Waals surface area contributed by atoms with E-state index in [-0.39, 0.29) is 0 Å². The molecule has 2 aliphatic rings. The van der Waals surface area contributed by atoms with E-state index in [0.717, 1.165) is 6.54 Å². The maximum absolute atomic E-state index is 3.74. The fraction of sp³-hybridized carbons (Fsp3) is 0.625. The minimum atomic E-state index is 0.575. The summed E-state index contributed by atoms with van der Waals surface area (Å²) in [5.41, 5.74) is 3.02. The molecule has 1 aromatic rings. The lowest BCUT2D eigenvalue weighted by molar-refractivity contribution is 0.327. The van der Waals surface area contributed by atoms with Gasteiger partial charge in [-0.15, -0.1) is 0 Å². The fourth-order valence-corrected chi connectivity index (χ4v) is 3.99. The molecule has 1 aromatic carbocycles. The predicted octanol–water partition coefficient (Wildman–Crippen LogP) is 3.51. The Kier molecular flexibility index (Phi) is 4.57. The molecule has 1 atom stereocenters. The predicted molar refractivity (Wildman–Crippen MR) is 83.5 cm³/mol. The molecule has 1 aliphatic heterocycles. The zero-order chi connectivity index (χ0) is 13.1. The van der Waals surface area contributed by atoms with Gasteiger partial charge in [-0.3, -0.25) is 0 Å². The van der Waals surface area contributed by atoms with Crippen LogP contribution in [0.15, 0.2) is 22.7 Å². The van der Waals surface area contributed by atoms with Gasteiger partial charge in [-0.25, -0.2) is 0 Å². The zero-order valence-electron chi connectivity index (χ0n) is 11.5. The third-order valence-corrected chi connectivity index (χ3v) is 5.20. The van der Waals surface area contributed by atoms with E-state index in [0.29, 0.717) is 6.04 Å². The molecule has 0 saturated carbocycles. The highest BCUT2D eigenvalue weighted by atomic mass is 79.9. The summed E-state index contributed by atoms with van der Waals surface area (Å²) in [6, 6.07) is 7.18. The van der Waals surface area contributed by atoms with Crippen LogP contribution in [0.25, 0.3) is 0 Å². The maximum atomic E-state index is 3.74. The Balaban J connectivity index is 1.46. The summed E-state index contributed by atoms with van der Waals surface area (Å²) in [6.45, 7) is 5.05. The van der Waals surface area contributed by atoms with Crippen molar-refractivity contribution in [3.8, 4) is 0 Å². The van der Waals surface area contributed by atoms with E-state index in [1.54, 1.807) is 0 Å². The van der Waals surface area contributed by atoms with E-state index in [1.807, 2.05) is 0 Å². The highest BCUT2D eigenvalue weighted by Gasteiger charge is 2.23. The van der Waals surface area contributed by atoms with Crippen LogP contribution in [0.2, 0.25) is 0 Å². The van der Waals surface area contributed by atoms with Gasteiger partial charge in [0.25, 0.3) is 0 Å². The van der Waals surface area contributed by atoms with E-state index in [9.17, 15) is 0 Å². The Morgan fingerprint density at radius 2 is 2.11 bits per heavy atom. The van der Waals surface area contributed by atoms with Crippen molar-refractivity contribution in [3.63, 3.8) is 0 Å². The van der Waals surface area contributed by atoms with Gasteiger partial charge in [0.05, 0.1) is 0 Å². The SMILES string of the molecule is Brc1cccc2c1CCC2NCCCN1CCCC1. The van der Waals surface area contributed by atoms with E-state index in [2.05, 4.69) is 44.3 Å². The monoisotopic (exact) mass is 322 g/mol. The van der Waals surface area contributed by atoms with Gasteiger partial charge in [-0.1, -0.05) is 28.1 Å². The molecule has 1 fully saturated rings. The van der Waals surface area contributed by atoms with Gasteiger partial charge in [-0.2, -0.15) is 0 Å². The molecule has 0 spiro atoms. The average Bonchev–Trinajstić information content (AvgIpc) is 3.05. The van der Waals surface area contributed by atoms with Crippen molar-refractivity contribution in [1.29, 1.82) is 0 Å². The number of nitrogens with one attached hydrogen (secondary N) is 1. The Hall–Kier alpha value is -0.380. The highest BCUT2D eigenvalue weighted by Crippen LogP contribution is 2.35. The first kappa shape index (κ1) is 13.6. The second-order valence-electron chi connectivity index (χ2n) is 5.76. The molecule has 3 rings (SSSR count). The topological polar surface area (TPSA) is 15.3 Å². The van der Waals surface area contributed by atoms with Gasteiger partial charge in [0.15, 0.2) is 0 Å². The quantitative estimate of drug-likeness (QED) is 0.834. The van der Waals surface area contributed by atoms with Crippen LogP contribution in [0.5, 0.6) is 0 Å². The molecule has 1 aliphatic carbocycles. The second-order valence-corrected chi connectivity index (χ2v) is 6.61. The Bertz CT molecular complexity index is 427. The molecular formula is C16H23BrN2. The van der Waals surface area contributed by atoms with Crippen LogP contribution < -0.4 is 5.32 Å². The first-order valence-electron chi connectivity index (χ1n) is 7.57. The average molecular weight is 323 g/mol. The van der Waals surface area contributed by atoms with E-state index in [4.69, 9.17) is 0 Å². The van der Waals surface area contributed by atoms with Gasteiger partial charge >= 0.3 is 0 Å². The third kappa shape index (κ3) is 3.21. The molecule has 104 valence electrons. The summed E-state index contributed by atoms with van der Waals surface area (Å²) in [7, 11) is 0. The maximum Gasteiger partial charge on any atom is 0.0326 e. The molecule has 0 radical (unpaired) electrons. The largest absolute Gasteiger partial charge is 0.310 e. The van der Waals surface area contributed by atoms with Crippen LogP contribution in [0.1, 0.15) is 42.9 Å². The standard InChI is InChI=1S/C16H23BrN2/c17-15-6-3-5-14-13(15)7-8-16(14)18-9-4-12-19-10-1-2-11-19/h3,5-6,16,18H,1-2,4,7-12H2. The van der Waals surface area contributed by atoms with Crippen molar-refractivity contribution in [1.82, 2.24) is 10.2 Å². The summed E-state index contributed by atoms with van der Waals surface area (Å²) < 4.78 is 1.28. The Labute approximate surface area is 124 Å². The van der Waals surface area contributed by atoms with Gasteiger partial charge in [0.2, 0.25) is 0 Å². The molecule has 19 heavy (non-hydrogen) atoms. The minimum Gasteiger partial charge on any atom is -0.310 e. The number of fused-ring (bicyclic) bond motifs is 1. The lowest BCUT2D eigenvalue weighted by atomic mass is 10.1. The Morgan fingerprint density at radius 3 is 2.95 bits per heavy atom. The molecule has 1 heterocycles. The second kappa shape index (κ2) is 6.38. The van der Waals surface area contributed by atoms with Crippen LogP contribution in [-0.2, 0) is 6.42 Å². The summed E-state index contributed by atoms with van der Waals surface area (Å²) >= 11 is 3.67. The van der Waals surface area contributed by atoms with Crippen molar-refractivity contribution >= 4 is 15.9 Å². The van der Waals surface area contributed by atoms with Crippen molar-refractivity contribution in [2.24, 2.45) is 0 Å². The molecule has 0 aromatic heterocycles. The van der Waals surface area contributed by atoms with Crippen LogP contribution >= 0.6 is 15.9 Å². The van der Waals surface area contributed by atoms with Crippen LogP contribution in [0.4, 0.5) is 0 Å². The number of hydrogen-bond acceptors (Lipinski definition) is 2. The van der Waals surface area contributed by atoms with Gasteiger partial charge < -0.3 is 10.2 Å². The van der Waals surface area contributed by atoms with Crippen LogP contribution in [-0.4, -0.2) is 31.1 Å². The lowest BCUT2D eigenvalue weighted by Gasteiger charge is -2.17. The molecule has 1 saturated heterocycles. The summed E-state index contributed by atoms with van der Waals surface area (Å²) in [4.78, 5) is 2.60. The molecule has 1 unspecified atom stereocenters. The fourth-order valence-electron chi connectivity index (χ4n) is 3.41. The molecule has 2 nitrogen and oxygen atoms in total. The summed E-state index contributed by atoms with van der Waals surface area (Å²) in [6.07, 6.45) is 6.54. The van der Waals surface area contributed by atoms with Crippen molar-refractivity contribution < 1.29 is 0 Å². The van der Waals surface area contributed by atoms with Gasteiger partial charge in [0.1, 0.15) is 0 Å².